The zero-order valence-corrected chi connectivity index (χ0v) is 21.0. The Balaban J connectivity index is 1.41. The molecule has 11 heteroatoms. The number of carboxylic acid groups (broad SMARTS) is 1. The Morgan fingerprint density at radius 1 is 1.29 bits per heavy atom. The number of rotatable bonds is 8. The lowest BCUT2D eigenvalue weighted by atomic mass is 10.1. The second-order valence-corrected chi connectivity index (χ2v) is 9.90. The SMILES string of the molecule is CCN1C(=O)OCC1Cc1ccc(Oc2ccc(/C=C3/SC(=S)N(CC(=O)O)C3=O)cc2Cl)cc1. The third-order valence-electron chi connectivity index (χ3n) is 5.46. The van der Waals surface area contributed by atoms with Gasteiger partial charge in [-0.15, -0.1) is 0 Å². The number of halogens is 1. The van der Waals surface area contributed by atoms with Crippen LogP contribution in [0.2, 0.25) is 5.02 Å². The molecule has 2 aliphatic rings. The lowest BCUT2D eigenvalue weighted by Crippen LogP contribution is -2.34. The first kappa shape index (κ1) is 25.0. The average molecular weight is 533 g/mol. The Morgan fingerprint density at radius 3 is 2.69 bits per heavy atom. The van der Waals surface area contributed by atoms with Crippen molar-refractivity contribution in [2.45, 2.75) is 19.4 Å². The van der Waals surface area contributed by atoms with Crippen molar-refractivity contribution in [3.63, 3.8) is 0 Å². The van der Waals surface area contributed by atoms with E-state index in [4.69, 9.17) is 38.4 Å². The highest BCUT2D eigenvalue weighted by atomic mass is 35.5. The molecule has 2 heterocycles. The molecular formula is C24H21ClN2O6S2. The number of hydrogen-bond acceptors (Lipinski definition) is 7. The van der Waals surface area contributed by atoms with Gasteiger partial charge in [-0.25, -0.2) is 4.79 Å². The molecule has 0 bridgehead atoms. The lowest BCUT2D eigenvalue weighted by molar-refractivity contribution is -0.140. The van der Waals surface area contributed by atoms with Crippen molar-refractivity contribution >= 4 is 63.9 Å². The number of carboxylic acids is 1. The first-order valence-corrected chi connectivity index (χ1v) is 12.3. The van der Waals surface area contributed by atoms with Crippen LogP contribution in [0, 0.1) is 0 Å². The van der Waals surface area contributed by atoms with Gasteiger partial charge in [-0.05, 0) is 54.8 Å². The summed E-state index contributed by atoms with van der Waals surface area (Å²) < 4.78 is 11.2. The Labute approximate surface area is 216 Å². The molecule has 8 nitrogen and oxygen atoms in total. The number of ether oxygens (including phenoxy) is 2. The monoisotopic (exact) mass is 532 g/mol. The number of cyclic esters (lactones) is 1. The normalized spacial score (nSPS) is 19.0. The van der Waals surface area contributed by atoms with Gasteiger partial charge in [-0.3, -0.25) is 14.5 Å². The summed E-state index contributed by atoms with van der Waals surface area (Å²) in [6.07, 6.45) is 2.03. The van der Waals surface area contributed by atoms with Gasteiger partial charge < -0.3 is 19.5 Å². The molecule has 2 aliphatic heterocycles. The second-order valence-electron chi connectivity index (χ2n) is 7.82. The summed E-state index contributed by atoms with van der Waals surface area (Å²) in [4.78, 5) is 38.2. The average Bonchev–Trinajstić information content (AvgIpc) is 3.29. The highest BCUT2D eigenvalue weighted by Gasteiger charge is 2.33. The summed E-state index contributed by atoms with van der Waals surface area (Å²) in [6.45, 7) is 2.44. The lowest BCUT2D eigenvalue weighted by Gasteiger charge is -2.19. The Hall–Kier alpha value is -3.08. The predicted octanol–water partition coefficient (Wildman–Crippen LogP) is 4.80. The van der Waals surface area contributed by atoms with Crippen LogP contribution in [0.25, 0.3) is 6.08 Å². The predicted molar refractivity (Wildman–Crippen MR) is 137 cm³/mol. The number of thioether (sulfide) groups is 1. The van der Waals surface area contributed by atoms with E-state index in [1.807, 2.05) is 31.2 Å². The quantitative estimate of drug-likeness (QED) is 0.382. The third kappa shape index (κ3) is 5.77. The molecule has 2 saturated heterocycles. The molecular weight excluding hydrogens is 512 g/mol. The molecule has 0 aliphatic carbocycles. The van der Waals surface area contributed by atoms with Gasteiger partial charge in [-0.1, -0.05) is 53.8 Å². The second kappa shape index (κ2) is 10.7. The minimum Gasteiger partial charge on any atom is -0.480 e. The number of aliphatic carboxylic acids is 1. The fourth-order valence-electron chi connectivity index (χ4n) is 3.75. The van der Waals surface area contributed by atoms with Crippen molar-refractivity contribution < 1.29 is 29.0 Å². The maximum Gasteiger partial charge on any atom is 0.410 e. The van der Waals surface area contributed by atoms with E-state index in [0.717, 1.165) is 22.2 Å². The molecule has 1 unspecified atom stereocenters. The molecule has 2 amide bonds. The molecule has 2 aromatic carbocycles. The maximum atomic E-state index is 12.4. The first-order valence-electron chi connectivity index (χ1n) is 10.7. The van der Waals surface area contributed by atoms with E-state index in [1.54, 1.807) is 29.2 Å². The van der Waals surface area contributed by atoms with E-state index < -0.39 is 18.4 Å². The molecule has 0 aromatic heterocycles. The number of benzene rings is 2. The minimum atomic E-state index is -1.13. The number of thiocarbonyl (C=S) groups is 1. The van der Waals surface area contributed by atoms with Crippen molar-refractivity contribution in [1.82, 2.24) is 9.80 Å². The van der Waals surface area contributed by atoms with E-state index >= 15 is 0 Å². The Kier molecular flexibility index (Phi) is 7.63. The van der Waals surface area contributed by atoms with Gasteiger partial charge in [0.15, 0.2) is 0 Å². The molecule has 0 radical (unpaired) electrons. The van der Waals surface area contributed by atoms with E-state index in [-0.39, 0.29) is 16.5 Å². The summed E-state index contributed by atoms with van der Waals surface area (Å²) in [7, 11) is 0. The van der Waals surface area contributed by atoms with Crippen molar-refractivity contribution in [3.8, 4) is 11.5 Å². The number of amides is 2. The van der Waals surface area contributed by atoms with Crippen LogP contribution >= 0.6 is 35.6 Å². The molecule has 35 heavy (non-hydrogen) atoms. The fraction of sp³-hybridized carbons (Fsp3) is 0.250. The molecule has 2 fully saturated rings. The summed E-state index contributed by atoms with van der Waals surface area (Å²) in [6, 6.07) is 12.7. The largest absolute Gasteiger partial charge is 0.480 e. The number of nitrogens with zero attached hydrogens (tertiary/aromatic N) is 2. The molecule has 1 atom stereocenters. The number of hydrogen-bond donors (Lipinski definition) is 1. The molecule has 182 valence electrons. The van der Waals surface area contributed by atoms with E-state index in [1.165, 1.54) is 0 Å². The van der Waals surface area contributed by atoms with E-state index in [9.17, 15) is 14.4 Å². The smallest absolute Gasteiger partial charge is 0.410 e. The summed E-state index contributed by atoms with van der Waals surface area (Å²) in [5, 5.41) is 9.30. The van der Waals surface area contributed by atoms with Gasteiger partial charge in [0.1, 0.15) is 29.0 Å². The molecule has 0 spiro atoms. The van der Waals surface area contributed by atoms with E-state index in [0.29, 0.717) is 46.6 Å². The Bertz CT molecular complexity index is 1220. The highest BCUT2D eigenvalue weighted by molar-refractivity contribution is 8.26. The van der Waals surface area contributed by atoms with Crippen LogP contribution < -0.4 is 4.74 Å². The first-order chi connectivity index (χ1) is 16.7. The molecule has 0 saturated carbocycles. The summed E-state index contributed by atoms with van der Waals surface area (Å²) >= 11 is 12.6. The van der Waals surface area contributed by atoms with Crippen molar-refractivity contribution in [2.24, 2.45) is 0 Å². The van der Waals surface area contributed by atoms with Gasteiger partial charge in [0.2, 0.25) is 0 Å². The topological polar surface area (TPSA) is 96.4 Å². The standard InChI is InChI=1S/C24H21ClN2O6S2/c1-2-26-16(13-32-23(26)31)9-14-3-6-17(7-4-14)33-19-8-5-15(10-18(19)25)11-20-22(30)27(12-21(28)29)24(34)35-20/h3-8,10-11,16H,2,9,12-13H2,1H3,(H,28,29)/b20-11+. The van der Waals surface area contributed by atoms with Crippen LogP contribution in [0.5, 0.6) is 11.5 Å². The van der Waals surface area contributed by atoms with Gasteiger partial charge in [0.05, 0.1) is 16.0 Å². The fourth-order valence-corrected chi connectivity index (χ4v) is 5.23. The zero-order valence-electron chi connectivity index (χ0n) is 18.6. The number of carbonyl (C=O) groups is 3. The van der Waals surface area contributed by atoms with Crippen LogP contribution in [0.15, 0.2) is 47.4 Å². The summed E-state index contributed by atoms with van der Waals surface area (Å²) in [5.41, 5.74) is 1.71. The van der Waals surface area contributed by atoms with Crippen molar-refractivity contribution in [3.05, 3.63) is 63.5 Å². The van der Waals surface area contributed by atoms with Gasteiger partial charge in [0.25, 0.3) is 5.91 Å². The molecule has 4 rings (SSSR count). The van der Waals surface area contributed by atoms with Crippen molar-refractivity contribution in [2.75, 3.05) is 19.7 Å². The number of likely N-dealkylation sites (N-methyl/N-ethyl adjacent to an activating group) is 1. The summed E-state index contributed by atoms with van der Waals surface area (Å²) in [5.74, 6) is -0.536. The van der Waals surface area contributed by atoms with Crippen LogP contribution in [0.4, 0.5) is 4.79 Å². The third-order valence-corrected chi connectivity index (χ3v) is 7.13. The zero-order chi connectivity index (χ0) is 25.1. The van der Waals surface area contributed by atoms with Gasteiger partial charge >= 0.3 is 12.1 Å². The van der Waals surface area contributed by atoms with Crippen LogP contribution in [0.1, 0.15) is 18.1 Å². The van der Waals surface area contributed by atoms with Crippen LogP contribution in [-0.2, 0) is 20.7 Å². The molecule has 1 N–H and O–H groups in total. The van der Waals surface area contributed by atoms with Gasteiger partial charge in [0, 0.05) is 6.54 Å². The number of carbonyl (C=O) groups excluding carboxylic acids is 2. The Morgan fingerprint density at radius 2 is 2.03 bits per heavy atom. The highest BCUT2D eigenvalue weighted by Crippen LogP contribution is 2.35. The minimum absolute atomic E-state index is 0.0193. The van der Waals surface area contributed by atoms with E-state index in [2.05, 4.69) is 0 Å². The maximum absolute atomic E-state index is 12.4. The van der Waals surface area contributed by atoms with Gasteiger partial charge in [-0.2, -0.15) is 0 Å². The van der Waals surface area contributed by atoms with Crippen LogP contribution in [0.3, 0.4) is 0 Å². The molecule has 2 aromatic rings. The van der Waals surface area contributed by atoms with Crippen molar-refractivity contribution in [1.29, 1.82) is 0 Å². The van der Waals surface area contributed by atoms with Crippen LogP contribution in [-0.4, -0.2) is 62.9 Å².